The van der Waals surface area contributed by atoms with Crippen LogP contribution in [-0.4, -0.2) is 114 Å². The molecule has 0 saturated carbocycles. The van der Waals surface area contributed by atoms with Crippen molar-refractivity contribution in [2.75, 3.05) is 66.5 Å². The Bertz CT molecular complexity index is 1520. The number of Topliss-reactive ketones (excluding diaryl/α,β-unsaturated/α-hetero) is 1. The van der Waals surface area contributed by atoms with Crippen LogP contribution in [0.1, 0.15) is 142 Å². The minimum Gasteiger partial charge on any atom is -0.467 e. The zero-order valence-corrected chi connectivity index (χ0v) is 40.1. The number of carbonyl (C=O) groups excluding carboxylic acids is 6. The molecule has 0 saturated heterocycles. The molecule has 0 spiro atoms. The second kappa shape index (κ2) is 40.2. The van der Waals surface area contributed by atoms with Crippen molar-refractivity contribution in [3.8, 4) is 5.75 Å². The summed E-state index contributed by atoms with van der Waals surface area (Å²) in [7, 11) is 1.24. The third-order valence-electron chi connectivity index (χ3n) is 9.73. The molecule has 2 amide bonds. The standard InChI is InChI=1S/C46H72F4N2O13.H2S/c1-34(2)64-41(56)21-17-15-13-11-9-7-5-4-6-8-10-12-14-16-20-39(54)52-38(46(58)59-3)23-22-35(53)19-18-25-60-27-29-62-32-40(55)51-24-26-61-28-30-63-33-42(57)65-45-43(49)36(47)31-37(48)44(45)50;/h31,34,38H,4-30,32-33H2,1-3H3,(H,51,55)(H,52,54);1H2/t38-;/m0./s1. The Labute approximate surface area is 394 Å². The van der Waals surface area contributed by atoms with Gasteiger partial charge >= 0.3 is 17.9 Å². The Balaban J connectivity index is 0.0000422. The van der Waals surface area contributed by atoms with Crippen molar-refractivity contribution in [2.24, 2.45) is 0 Å². The first-order chi connectivity index (χ1) is 31.2. The van der Waals surface area contributed by atoms with Gasteiger partial charge in [0.2, 0.25) is 29.2 Å². The molecule has 1 atom stereocenters. The summed E-state index contributed by atoms with van der Waals surface area (Å²) >= 11 is 0. The summed E-state index contributed by atoms with van der Waals surface area (Å²) in [6.07, 6.45) is 17.3. The fourth-order valence-electron chi connectivity index (χ4n) is 6.32. The number of ketones is 1. The van der Waals surface area contributed by atoms with Gasteiger partial charge < -0.3 is 43.8 Å². The van der Waals surface area contributed by atoms with E-state index >= 15 is 0 Å². The van der Waals surface area contributed by atoms with Gasteiger partial charge in [0.25, 0.3) is 0 Å². The van der Waals surface area contributed by atoms with Crippen LogP contribution in [0.15, 0.2) is 6.07 Å². The first kappa shape index (κ1) is 62.1. The summed E-state index contributed by atoms with van der Waals surface area (Å²) in [6, 6.07) is -0.912. The maximum atomic E-state index is 13.6. The number of methoxy groups -OCH3 is 1. The van der Waals surface area contributed by atoms with E-state index in [1.807, 2.05) is 13.8 Å². The van der Waals surface area contributed by atoms with Crippen LogP contribution in [0.3, 0.4) is 0 Å². The molecular formula is C46H74F4N2O13S. The molecular weight excluding hydrogens is 897 g/mol. The van der Waals surface area contributed by atoms with Crippen molar-refractivity contribution in [3.05, 3.63) is 29.3 Å². The molecule has 1 aromatic carbocycles. The van der Waals surface area contributed by atoms with Gasteiger partial charge in [-0.3, -0.25) is 19.2 Å². The average Bonchev–Trinajstić information content (AvgIpc) is 3.26. The third kappa shape index (κ3) is 32.8. The summed E-state index contributed by atoms with van der Waals surface area (Å²) in [5, 5.41) is 5.28. The highest BCUT2D eigenvalue weighted by molar-refractivity contribution is 7.59. The van der Waals surface area contributed by atoms with E-state index in [1.165, 1.54) is 52.1 Å². The maximum absolute atomic E-state index is 13.6. The van der Waals surface area contributed by atoms with Crippen molar-refractivity contribution in [1.82, 2.24) is 10.6 Å². The molecule has 0 fully saturated rings. The largest absolute Gasteiger partial charge is 0.467 e. The predicted molar refractivity (Wildman–Crippen MR) is 241 cm³/mol. The van der Waals surface area contributed by atoms with E-state index in [9.17, 15) is 46.3 Å². The number of amides is 2. The van der Waals surface area contributed by atoms with Crippen molar-refractivity contribution >= 4 is 49.0 Å². The summed E-state index contributed by atoms with van der Waals surface area (Å²) < 4.78 is 88.7. The molecule has 0 unspecified atom stereocenters. The quantitative estimate of drug-likeness (QED) is 0.0217. The molecule has 66 heavy (non-hydrogen) atoms. The van der Waals surface area contributed by atoms with Gasteiger partial charge in [-0.25, -0.2) is 18.4 Å². The van der Waals surface area contributed by atoms with Crippen LogP contribution in [0.25, 0.3) is 0 Å². The van der Waals surface area contributed by atoms with E-state index in [1.54, 1.807) is 0 Å². The second-order valence-corrected chi connectivity index (χ2v) is 15.8. The van der Waals surface area contributed by atoms with Crippen LogP contribution in [-0.2, 0) is 57.2 Å². The number of nitrogens with one attached hydrogen (secondary N) is 2. The Kier molecular flexibility index (Phi) is 37.9. The highest BCUT2D eigenvalue weighted by Crippen LogP contribution is 2.26. The van der Waals surface area contributed by atoms with E-state index in [-0.39, 0.29) is 115 Å². The molecule has 0 radical (unpaired) electrons. The average molecular weight is 971 g/mol. The number of esters is 3. The Hall–Kier alpha value is -3.85. The lowest BCUT2D eigenvalue weighted by Crippen LogP contribution is -2.41. The fraction of sp³-hybridized carbons (Fsp3) is 0.739. The van der Waals surface area contributed by atoms with Crippen LogP contribution in [0.5, 0.6) is 5.75 Å². The number of ether oxygens (including phenoxy) is 7. The number of unbranched alkanes of at least 4 members (excludes halogenated alkanes) is 13. The first-order valence-corrected chi connectivity index (χ1v) is 22.9. The summed E-state index contributed by atoms with van der Waals surface area (Å²) in [4.78, 5) is 72.4. The van der Waals surface area contributed by atoms with E-state index in [0.29, 0.717) is 19.3 Å². The highest BCUT2D eigenvalue weighted by Gasteiger charge is 2.24. The van der Waals surface area contributed by atoms with Gasteiger partial charge in [0.1, 0.15) is 25.0 Å². The number of halogens is 4. The van der Waals surface area contributed by atoms with E-state index in [2.05, 4.69) is 15.4 Å². The highest BCUT2D eigenvalue weighted by atomic mass is 32.1. The van der Waals surface area contributed by atoms with Crippen molar-refractivity contribution in [3.63, 3.8) is 0 Å². The van der Waals surface area contributed by atoms with Crippen molar-refractivity contribution < 1.29 is 79.5 Å². The van der Waals surface area contributed by atoms with Gasteiger partial charge in [-0.05, 0) is 39.5 Å². The molecule has 0 bridgehead atoms. The molecule has 0 aliphatic heterocycles. The molecule has 380 valence electrons. The molecule has 0 heterocycles. The number of hydrogen-bond donors (Lipinski definition) is 2. The van der Waals surface area contributed by atoms with E-state index in [0.717, 1.165) is 44.9 Å². The summed E-state index contributed by atoms with van der Waals surface area (Å²) in [5.41, 5.74) is 0. The van der Waals surface area contributed by atoms with Gasteiger partial charge in [0, 0.05) is 44.9 Å². The number of benzene rings is 1. The second-order valence-electron chi connectivity index (χ2n) is 15.8. The molecule has 0 aliphatic carbocycles. The first-order valence-electron chi connectivity index (χ1n) is 22.9. The maximum Gasteiger partial charge on any atom is 0.337 e. The molecule has 0 aliphatic rings. The topological polar surface area (TPSA) is 191 Å². The lowest BCUT2D eigenvalue weighted by molar-refractivity contribution is -0.147. The Morgan fingerprint density at radius 2 is 1.06 bits per heavy atom. The smallest absolute Gasteiger partial charge is 0.337 e. The molecule has 1 aromatic rings. The van der Waals surface area contributed by atoms with Crippen LogP contribution in [0, 0.1) is 23.3 Å². The minimum absolute atomic E-state index is 0. The van der Waals surface area contributed by atoms with Gasteiger partial charge in [0.15, 0.2) is 11.6 Å². The lowest BCUT2D eigenvalue weighted by Gasteiger charge is -2.16. The van der Waals surface area contributed by atoms with E-state index < -0.39 is 59.5 Å². The van der Waals surface area contributed by atoms with Crippen LogP contribution < -0.4 is 15.4 Å². The van der Waals surface area contributed by atoms with Crippen LogP contribution in [0.4, 0.5) is 17.6 Å². The Morgan fingerprint density at radius 3 is 1.61 bits per heavy atom. The summed E-state index contributed by atoms with van der Waals surface area (Å²) in [6.45, 7) is 3.43. The normalized spacial score (nSPS) is 11.5. The SMILES string of the molecule is COC(=O)[C@H](CCC(=O)CCCOCCOCC(=O)NCCOCCOCC(=O)Oc1c(F)c(F)cc(F)c1F)NC(=O)CCCCCCCCCCCCCCCCC(=O)OC(C)C.S. The number of carbonyl (C=O) groups is 6. The lowest BCUT2D eigenvalue weighted by atomic mass is 10.0. The third-order valence-corrected chi connectivity index (χ3v) is 9.73. The van der Waals surface area contributed by atoms with Crippen molar-refractivity contribution in [1.29, 1.82) is 0 Å². The molecule has 2 N–H and O–H groups in total. The Morgan fingerprint density at radius 1 is 0.561 bits per heavy atom. The van der Waals surface area contributed by atoms with Crippen LogP contribution in [0.2, 0.25) is 0 Å². The molecule has 0 aromatic heterocycles. The molecule has 1 rings (SSSR count). The fourth-order valence-corrected chi connectivity index (χ4v) is 6.32. The number of rotatable bonds is 41. The van der Waals surface area contributed by atoms with Crippen LogP contribution >= 0.6 is 13.5 Å². The zero-order chi connectivity index (χ0) is 48.1. The predicted octanol–water partition coefficient (Wildman–Crippen LogP) is 7.42. The van der Waals surface area contributed by atoms with Gasteiger partial charge in [-0.2, -0.15) is 22.3 Å². The van der Waals surface area contributed by atoms with Gasteiger partial charge in [-0.1, -0.05) is 77.0 Å². The summed E-state index contributed by atoms with van der Waals surface area (Å²) in [5.74, 6) is -11.4. The molecule has 20 heteroatoms. The minimum atomic E-state index is -1.85. The zero-order valence-electron chi connectivity index (χ0n) is 39.1. The van der Waals surface area contributed by atoms with Gasteiger partial charge in [0.05, 0.1) is 46.2 Å². The number of hydrogen-bond acceptors (Lipinski definition) is 13. The van der Waals surface area contributed by atoms with Crippen molar-refractivity contribution in [2.45, 2.75) is 154 Å². The van der Waals surface area contributed by atoms with E-state index in [4.69, 9.17) is 28.4 Å². The monoisotopic (exact) mass is 970 g/mol. The van der Waals surface area contributed by atoms with Gasteiger partial charge in [-0.15, -0.1) is 0 Å². The molecule has 15 nitrogen and oxygen atoms in total.